The fourth-order valence-electron chi connectivity index (χ4n) is 4.23. The van der Waals surface area contributed by atoms with Gasteiger partial charge in [-0.25, -0.2) is 4.98 Å². The minimum absolute atomic E-state index is 0.131. The Labute approximate surface area is 209 Å². The van der Waals surface area contributed by atoms with Gasteiger partial charge in [-0.1, -0.05) is 17.7 Å². The van der Waals surface area contributed by atoms with Crippen LogP contribution in [-0.4, -0.2) is 53.5 Å². The first-order chi connectivity index (χ1) is 17.1. The molecule has 1 N–H and O–H groups in total. The van der Waals surface area contributed by atoms with Crippen molar-refractivity contribution in [3.63, 3.8) is 0 Å². The average Bonchev–Trinajstić information content (AvgIpc) is 3.75. The Bertz CT molecular complexity index is 1200. The highest BCUT2D eigenvalue weighted by molar-refractivity contribution is 6.32. The first-order valence-corrected chi connectivity index (χ1v) is 12.3. The van der Waals surface area contributed by atoms with E-state index >= 15 is 0 Å². The molecule has 182 valence electrons. The lowest BCUT2D eigenvalue weighted by atomic mass is 10.1. The molecule has 1 aromatic carbocycles. The summed E-state index contributed by atoms with van der Waals surface area (Å²) >= 11 is 6.52. The highest BCUT2D eigenvalue weighted by Gasteiger charge is 2.30. The van der Waals surface area contributed by atoms with Crippen molar-refractivity contribution >= 4 is 23.3 Å². The Kier molecular flexibility index (Phi) is 7.11. The molecule has 9 heteroatoms. The number of carbonyl (C=O) groups excluding carboxylic acids is 1. The van der Waals surface area contributed by atoms with Gasteiger partial charge in [0.2, 0.25) is 0 Å². The standard InChI is InChI=1S/C26H28ClN5O3/c1-17(18-4-5-18)35-23-7-6-19(15-22(23)27)24-21(8-10-30-31-24)26(33)29-16-20-3-2-9-28-25(20)32-11-13-34-14-12-32/h2-3,6-10,15,17-18H,4-5,11-14,16H2,1H3,(H,29,33). The lowest BCUT2D eigenvalue weighted by Gasteiger charge is -2.29. The molecule has 0 radical (unpaired) electrons. The van der Waals surface area contributed by atoms with Gasteiger partial charge in [0.25, 0.3) is 5.91 Å². The summed E-state index contributed by atoms with van der Waals surface area (Å²) < 4.78 is 11.5. The number of benzene rings is 1. The van der Waals surface area contributed by atoms with Gasteiger partial charge in [-0.2, -0.15) is 5.10 Å². The smallest absolute Gasteiger partial charge is 0.253 e. The summed E-state index contributed by atoms with van der Waals surface area (Å²) in [5.41, 5.74) is 2.54. The number of pyridine rings is 1. The Morgan fingerprint density at radius 2 is 2.06 bits per heavy atom. The second kappa shape index (κ2) is 10.6. The quantitative estimate of drug-likeness (QED) is 0.504. The van der Waals surface area contributed by atoms with Crippen LogP contribution < -0.4 is 15.0 Å². The van der Waals surface area contributed by atoms with Crippen molar-refractivity contribution in [2.75, 3.05) is 31.2 Å². The second-order valence-corrected chi connectivity index (χ2v) is 9.27. The van der Waals surface area contributed by atoms with E-state index in [9.17, 15) is 4.79 Å². The van der Waals surface area contributed by atoms with Crippen molar-refractivity contribution in [2.24, 2.45) is 5.92 Å². The molecule has 1 atom stereocenters. The average molecular weight is 494 g/mol. The van der Waals surface area contributed by atoms with Crippen LogP contribution in [0, 0.1) is 5.92 Å². The van der Waals surface area contributed by atoms with Crippen LogP contribution in [0.5, 0.6) is 5.75 Å². The number of aromatic nitrogens is 3. The predicted octanol–water partition coefficient (Wildman–Crippen LogP) is 4.14. The monoisotopic (exact) mass is 493 g/mol. The molecule has 1 aliphatic heterocycles. The van der Waals surface area contributed by atoms with Gasteiger partial charge in [-0.3, -0.25) is 4.79 Å². The van der Waals surface area contributed by atoms with Gasteiger partial charge in [0.05, 0.1) is 36.1 Å². The zero-order valence-corrected chi connectivity index (χ0v) is 20.4. The Balaban J connectivity index is 1.31. The van der Waals surface area contributed by atoms with Crippen molar-refractivity contribution in [3.8, 4) is 17.0 Å². The maximum Gasteiger partial charge on any atom is 0.253 e. The number of hydrogen-bond acceptors (Lipinski definition) is 7. The Morgan fingerprint density at radius 3 is 2.83 bits per heavy atom. The van der Waals surface area contributed by atoms with Gasteiger partial charge >= 0.3 is 0 Å². The number of hydrogen-bond donors (Lipinski definition) is 1. The van der Waals surface area contributed by atoms with Crippen molar-refractivity contribution in [1.29, 1.82) is 0 Å². The molecule has 35 heavy (non-hydrogen) atoms. The third kappa shape index (κ3) is 5.55. The third-order valence-electron chi connectivity index (χ3n) is 6.39. The number of carbonyl (C=O) groups is 1. The van der Waals surface area contributed by atoms with Gasteiger partial charge in [0, 0.05) is 37.0 Å². The maximum atomic E-state index is 13.2. The fourth-order valence-corrected chi connectivity index (χ4v) is 4.46. The minimum atomic E-state index is -0.245. The van der Waals surface area contributed by atoms with E-state index in [2.05, 4.69) is 32.3 Å². The molecule has 2 aliphatic rings. The lowest BCUT2D eigenvalue weighted by molar-refractivity contribution is 0.0951. The van der Waals surface area contributed by atoms with Crippen molar-refractivity contribution in [3.05, 3.63) is 64.9 Å². The zero-order chi connectivity index (χ0) is 24.2. The third-order valence-corrected chi connectivity index (χ3v) is 6.68. The number of halogens is 1. The molecule has 2 fully saturated rings. The highest BCUT2D eigenvalue weighted by atomic mass is 35.5. The molecule has 1 amide bonds. The van der Waals surface area contributed by atoms with E-state index in [1.807, 2.05) is 24.3 Å². The molecule has 3 aromatic rings. The number of rotatable bonds is 8. The number of morpholine rings is 1. The van der Waals surface area contributed by atoms with Crippen molar-refractivity contribution in [1.82, 2.24) is 20.5 Å². The van der Waals surface area contributed by atoms with Gasteiger partial charge in [0.1, 0.15) is 17.3 Å². The van der Waals surface area contributed by atoms with Gasteiger partial charge in [-0.15, -0.1) is 5.10 Å². The molecule has 8 nitrogen and oxygen atoms in total. The number of anilines is 1. The van der Waals surface area contributed by atoms with Crippen LogP contribution in [0.25, 0.3) is 11.3 Å². The molecular formula is C26H28ClN5O3. The second-order valence-electron chi connectivity index (χ2n) is 8.87. The van der Waals surface area contributed by atoms with Crippen LogP contribution in [0.2, 0.25) is 5.02 Å². The van der Waals surface area contributed by atoms with Crippen LogP contribution in [0.3, 0.4) is 0 Å². The van der Waals surface area contributed by atoms with E-state index in [-0.39, 0.29) is 12.0 Å². The van der Waals surface area contributed by atoms with E-state index in [4.69, 9.17) is 21.1 Å². The lowest BCUT2D eigenvalue weighted by Crippen LogP contribution is -2.37. The summed E-state index contributed by atoms with van der Waals surface area (Å²) in [5, 5.41) is 11.7. The molecule has 0 spiro atoms. The van der Waals surface area contributed by atoms with E-state index in [0.717, 1.165) is 24.5 Å². The van der Waals surface area contributed by atoms with Crippen LogP contribution in [0.1, 0.15) is 35.7 Å². The van der Waals surface area contributed by atoms with Gasteiger partial charge in [-0.05, 0) is 56.0 Å². The maximum absolute atomic E-state index is 13.2. The largest absolute Gasteiger partial charge is 0.489 e. The number of ether oxygens (including phenoxy) is 2. The molecule has 1 saturated heterocycles. The summed E-state index contributed by atoms with van der Waals surface area (Å²) in [4.78, 5) is 19.9. The molecule has 5 rings (SSSR count). The minimum Gasteiger partial charge on any atom is -0.489 e. The molecule has 1 saturated carbocycles. The first kappa shape index (κ1) is 23.5. The predicted molar refractivity (Wildman–Crippen MR) is 134 cm³/mol. The van der Waals surface area contributed by atoms with Crippen LogP contribution in [-0.2, 0) is 11.3 Å². The summed E-state index contributed by atoms with van der Waals surface area (Å²) in [6.07, 6.45) is 5.80. The summed E-state index contributed by atoms with van der Waals surface area (Å²) in [6, 6.07) is 11.0. The molecule has 1 unspecified atom stereocenters. The number of amides is 1. The topological polar surface area (TPSA) is 89.5 Å². The van der Waals surface area contributed by atoms with Crippen LogP contribution in [0.15, 0.2) is 48.8 Å². The SMILES string of the molecule is CC(Oc1ccc(-c2nnccc2C(=O)NCc2cccnc2N2CCOCC2)cc1Cl)C1CC1. The highest BCUT2D eigenvalue weighted by Crippen LogP contribution is 2.37. The van der Waals surface area contributed by atoms with E-state index in [0.29, 0.717) is 53.3 Å². The van der Waals surface area contributed by atoms with Crippen molar-refractivity contribution < 1.29 is 14.3 Å². The molecular weight excluding hydrogens is 466 g/mol. The molecule has 2 aromatic heterocycles. The van der Waals surface area contributed by atoms with Gasteiger partial charge < -0.3 is 19.7 Å². The first-order valence-electron chi connectivity index (χ1n) is 11.9. The van der Waals surface area contributed by atoms with Crippen LogP contribution >= 0.6 is 11.6 Å². The zero-order valence-electron chi connectivity index (χ0n) is 19.6. The van der Waals surface area contributed by atoms with Crippen LogP contribution in [0.4, 0.5) is 5.82 Å². The summed E-state index contributed by atoms with van der Waals surface area (Å²) in [7, 11) is 0. The summed E-state index contributed by atoms with van der Waals surface area (Å²) in [5.74, 6) is 1.86. The fraction of sp³-hybridized carbons (Fsp3) is 0.385. The van der Waals surface area contributed by atoms with Crippen molar-refractivity contribution in [2.45, 2.75) is 32.4 Å². The van der Waals surface area contributed by atoms with E-state index < -0.39 is 0 Å². The number of nitrogens with one attached hydrogen (secondary N) is 1. The normalized spacial score (nSPS) is 16.6. The summed E-state index contributed by atoms with van der Waals surface area (Å²) in [6.45, 7) is 5.29. The Morgan fingerprint density at radius 1 is 1.23 bits per heavy atom. The van der Waals surface area contributed by atoms with E-state index in [1.54, 1.807) is 18.3 Å². The molecule has 0 bridgehead atoms. The number of nitrogens with zero attached hydrogens (tertiary/aromatic N) is 4. The Hall–Kier alpha value is -3.23. The van der Waals surface area contributed by atoms with Gasteiger partial charge in [0.15, 0.2) is 0 Å². The van der Waals surface area contributed by atoms with E-state index in [1.165, 1.54) is 19.0 Å². The molecule has 1 aliphatic carbocycles. The molecule has 3 heterocycles.